The van der Waals surface area contributed by atoms with Crippen LogP contribution in [-0.2, 0) is 9.84 Å². The number of anilines is 2. The molecule has 0 fully saturated rings. The lowest BCUT2D eigenvalue weighted by Gasteiger charge is -2.09. The quantitative estimate of drug-likeness (QED) is 0.528. The van der Waals surface area contributed by atoms with E-state index in [9.17, 15) is 18.0 Å². The highest BCUT2D eigenvalue weighted by Gasteiger charge is 2.13. The van der Waals surface area contributed by atoms with E-state index >= 15 is 0 Å². The molecule has 32 heavy (non-hydrogen) atoms. The van der Waals surface area contributed by atoms with Gasteiger partial charge in [-0.15, -0.1) is 0 Å². The van der Waals surface area contributed by atoms with Crippen molar-refractivity contribution in [2.45, 2.75) is 18.7 Å². The lowest BCUT2D eigenvalue weighted by Crippen LogP contribution is -2.14. The number of benzene rings is 3. The second-order valence-corrected chi connectivity index (χ2v) is 9.15. The third-order valence-electron chi connectivity index (χ3n) is 4.68. The Labute approximate surface area is 187 Å². The summed E-state index contributed by atoms with van der Waals surface area (Å²) in [6.07, 6.45) is 0. The number of hydrogen-bond donors (Lipinski definition) is 2. The summed E-state index contributed by atoms with van der Waals surface area (Å²) in [4.78, 5) is 25.0. The van der Waals surface area contributed by atoms with Crippen molar-refractivity contribution in [3.05, 3.63) is 83.9 Å². The third kappa shape index (κ3) is 5.73. The number of amides is 2. The van der Waals surface area contributed by atoms with Gasteiger partial charge in [-0.2, -0.15) is 0 Å². The van der Waals surface area contributed by atoms with Gasteiger partial charge in [0.15, 0.2) is 9.84 Å². The summed E-state index contributed by atoms with van der Waals surface area (Å²) >= 11 is 0. The first-order valence-electron chi connectivity index (χ1n) is 10.1. The summed E-state index contributed by atoms with van der Waals surface area (Å²) in [7, 11) is -3.32. The van der Waals surface area contributed by atoms with Gasteiger partial charge < -0.3 is 15.4 Å². The van der Waals surface area contributed by atoms with Gasteiger partial charge in [0.2, 0.25) is 0 Å². The van der Waals surface area contributed by atoms with Crippen LogP contribution in [-0.4, -0.2) is 32.6 Å². The molecule has 0 aliphatic rings. The minimum Gasteiger partial charge on any atom is -0.494 e. The Morgan fingerprint density at radius 3 is 1.59 bits per heavy atom. The van der Waals surface area contributed by atoms with E-state index in [1.165, 1.54) is 24.3 Å². The highest BCUT2D eigenvalue weighted by atomic mass is 32.2. The maximum atomic E-state index is 12.4. The van der Waals surface area contributed by atoms with Gasteiger partial charge in [-0.3, -0.25) is 9.59 Å². The molecule has 3 aromatic rings. The summed E-state index contributed by atoms with van der Waals surface area (Å²) in [6.45, 7) is 4.04. The van der Waals surface area contributed by atoms with Gasteiger partial charge in [0.1, 0.15) is 5.75 Å². The van der Waals surface area contributed by atoms with Crippen molar-refractivity contribution < 1.29 is 22.7 Å². The molecule has 0 spiro atoms. The standard InChI is InChI=1S/C24H24N2O5S/c1-3-31-21-13-11-20(12-14-21)26-23(27)17-5-9-19(10-6-17)25-24(28)18-7-15-22(16-8-18)32(29,30)4-2/h5-16H,3-4H2,1-2H3,(H,25,28)(H,26,27). The molecule has 0 saturated heterocycles. The molecule has 7 nitrogen and oxygen atoms in total. The molecule has 0 saturated carbocycles. The third-order valence-corrected chi connectivity index (χ3v) is 6.43. The van der Waals surface area contributed by atoms with Crippen molar-refractivity contribution in [2.75, 3.05) is 23.0 Å². The van der Waals surface area contributed by atoms with Crippen molar-refractivity contribution in [1.29, 1.82) is 0 Å². The summed E-state index contributed by atoms with van der Waals surface area (Å²) < 4.78 is 29.1. The van der Waals surface area contributed by atoms with Gasteiger partial charge >= 0.3 is 0 Å². The van der Waals surface area contributed by atoms with Crippen LogP contribution in [0.2, 0.25) is 0 Å². The molecule has 0 bridgehead atoms. The Kier molecular flexibility index (Phi) is 7.27. The molecule has 8 heteroatoms. The Hall–Kier alpha value is -3.65. The zero-order chi connectivity index (χ0) is 23.1. The van der Waals surface area contributed by atoms with Crippen LogP contribution in [0.25, 0.3) is 0 Å². The van der Waals surface area contributed by atoms with Gasteiger partial charge in [-0.1, -0.05) is 6.92 Å². The van der Waals surface area contributed by atoms with E-state index in [1.54, 1.807) is 55.5 Å². The van der Waals surface area contributed by atoms with E-state index in [-0.39, 0.29) is 22.5 Å². The lowest BCUT2D eigenvalue weighted by atomic mass is 10.1. The molecule has 3 aromatic carbocycles. The minimum absolute atomic E-state index is 0.00293. The maximum Gasteiger partial charge on any atom is 0.255 e. The van der Waals surface area contributed by atoms with E-state index in [0.717, 1.165) is 5.75 Å². The van der Waals surface area contributed by atoms with Crippen molar-refractivity contribution in [3.63, 3.8) is 0 Å². The van der Waals surface area contributed by atoms with E-state index < -0.39 is 9.84 Å². The fraction of sp³-hybridized carbons (Fsp3) is 0.167. The van der Waals surface area contributed by atoms with Crippen LogP contribution in [0.1, 0.15) is 34.6 Å². The maximum absolute atomic E-state index is 12.4. The zero-order valence-electron chi connectivity index (χ0n) is 17.8. The van der Waals surface area contributed by atoms with Crippen LogP contribution in [0.5, 0.6) is 5.75 Å². The second kappa shape index (κ2) is 10.1. The largest absolute Gasteiger partial charge is 0.494 e. The predicted octanol–water partition coefficient (Wildman–Crippen LogP) is 4.38. The molecular weight excluding hydrogens is 428 g/mol. The first-order valence-corrected chi connectivity index (χ1v) is 11.8. The second-order valence-electron chi connectivity index (χ2n) is 6.87. The molecule has 3 rings (SSSR count). The van der Waals surface area contributed by atoms with E-state index in [1.807, 2.05) is 6.92 Å². The van der Waals surface area contributed by atoms with Gasteiger partial charge in [-0.05, 0) is 79.7 Å². The van der Waals surface area contributed by atoms with Crippen molar-refractivity contribution in [1.82, 2.24) is 0 Å². The van der Waals surface area contributed by atoms with Crippen molar-refractivity contribution in [2.24, 2.45) is 0 Å². The first kappa shape index (κ1) is 23.0. The van der Waals surface area contributed by atoms with Crippen LogP contribution in [0.3, 0.4) is 0 Å². The topological polar surface area (TPSA) is 102 Å². The molecule has 0 heterocycles. The number of hydrogen-bond acceptors (Lipinski definition) is 5. The Morgan fingerprint density at radius 1 is 0.719 bits per heavy atom. The summed E-state index contributed by atoms with van der Waals surface area (Å²) in [5.41, 5.74) is 1.92. The number of ether oxygens (including phenoxy) is 1. The van der Waals surface area contributed by atoms with Gasteiger partial charge in [-0.25, -0.2) is 8.42 Å². The average Bonchev–Trinajstić information content (AvgIpc) is 2.81. The van der Waals surface area contributed by atoms with E-state index in [0.29, 0.717) is 29.1 Å². The summed E-state index contributed by atoms with van der Waals surface area (Å²) in [5, 5.41) is 5.54. The van der Waals surface area contributed by atoms with Gasteiger partial charge in [0, 0.05) is 22.5 Å². The number of carbonyl (C=O) groups excluding carboxylic acids is 2. The molecule has 0 unspecified atom stereocenters. The van der Waals surface area contributed by atoms with Crippen LogP contribution in [0.15, 0.2) is 77.7 Å². The van der Waals surface area contributed by atoms with Crippen LogP contribution in [0.4, 0.5) is 11.4 Å². The van der Waals surface area contributed by atoms with Crippen LogP contribution < -0.4 is 15.4 Å². The Morgan fingerprint density at radius 2 is 1.16 bits per heavy atom. The molecule has 0 atom stereocenters. The number of carbonyl (C=O) groups is 2. The minimum atomic E-state index is -3.32. The number of rotatable bonds is 8. The van der Waals surface area contributed by atoms with Gasteiger partial charge in [0.05, 0.1) is 17.3 Å². The average molecular weight is 453 g/mol. The molecule has 166 valence electrons. The smallest absolute Gasteiger partial charge is 0.255 e. The normalized spacial score (nSPS) is 10.9. The monoisotopic (exact) mass is 452 g/mol. The van der Waals surface area contributed by atoms with Crippen LogP contribution >= 0.6 is 0 Å². The molecular formula is C24H24N2O5S. The van der Waals surface area contributed by atoms with Crippen LogP contribution in [0, 0.1) is 0 Å². The molecule has 0 radical (unpaired) electrons. The summed E-state index contributed by atoms with van der Waals surface area (Å²) in [6, 6.07) is 19.3. The lowest BCUT2D eigenvalue weighted by molar-refractivity contribution is 0.102. The number of sulfone groups is 1. The molecule has 2 amide bonds. The molecule has 0 aromatic heterocycles. The fourth-order valence-electron chi connectivity index (χ4n) is 2.89. The Bertz CT molecular complexity index is 1190. The van der Waals surface area contributed by atoms with E-state index in [4.69, 9.17) is 4.74 Å². The van der Waals surface area contributed by atoms with Crippen molar-refractivity contribution >= 4 is 33.0 Å². The molecule has 0 aliphatic carbocycles. The highest BCUT2D eigenvalue weighted by Crippen LogP contribution is 2.18. The highest BCUT2D eigenvalue weighted by molar-refractivity contribution is 7.91. The number of nitrogens with one attached hydrogen (secondary N) is 2. The van der Waals surface area contributed by atoms with Crippen molar-refractivity contribution in [3.8, 4) is 5.75 Å². The van der Waals surface area contributed by atoms with Gasteiger partial charge in [0.25, 0.3) is 11.8 Å². The zero-order valence-corrected chi connectivity index (χ0v) is 18.6. The predicted molar refractivity (Wildman–Crippen MR) is 124 cm³/mol. The molecule has 0 aliphatic heterocycles. The Balaban J connectivity index is 1.61. The fourth-order valence-corrected chi connectivity index (χ4v) is 3.78. The SMILES string of the molecule is CCOc1ccc(NC(=O)c2ccc(NC(=O)c3ccc(S(=O)(=O)CC)cc3)cc2)cc1. The first-order chi connectivity index (χ1) is 15.3. The van der Waals surface area contributed by atoms with E-state index in [2.05, 4.69) is 10.6 Å². The summed E-state index contributed by atoms with van der Waals surface area (Å²) in [5.74, 6) is 0.0702. The molecule has 2 N–H and O–H groups in total.